The van der Waals surface area contributed by atoms with E-state index in [0.29, 0.717) is 10.2 Å². The zero-order valence-corrected chi connectivity index (χ0v) is 15.5. The Bertz CT molecular complexity index is 758. The van der Waals surface area contributed by atoms with E-state index in [2.05, 4.69) is 20.7 Å². The third-order valence-corrected chi connectivity index (χ3v) is 6.12. The van der Waals surface area contributed by atoms with Crippen molar-refractivity contribution in [1.29, 1.82) is 0 Å². The van der Waals surface area contributed by atoms with Gasteiger partial charge in [0.1, 0.15) is 4.90 Å². The molecule has 0 unspecified atom stereocenters. The fourth-order valence-corrected chi connectivity index (χ4v) is 5.35. The van der Waals surface area contributed by atoms with Gasteiger partial charge in [0, 0.05) is 9.37 Å². The molecule has 112 valence electrons. The molecule has 0 aliphatic carbocycles. The number of hydrogen-bond acceptors (Lipinski definition) is 3. The molecule has 0 heterocycles. The lowest BCUT2D eigenvalue weighted by Crippen LogP contribution is -2.14. The van der Waals surface area contributed by atoms with E-state index in [9.17, 15) is 8.42 Å². The molecule has 0 aliphatic rings. The molecule has 2 aromatic carbocycles. The van der Waals surface area contributed by atoms with Gasteiger partial charge in [0.15, 0.2) is 0 Å². The van der Waals surface area contributed by atoms with E-state index in [1.807, 2.05) is 18.4 Å². The van der Waals surface area contributed by atoms with Gasteiger partial charge in [-0.15, -0.1) is 11.8 Å². The molecule has 0 aromatic heterocycles. The van der Waals surface area contributed by atoms with Gasteiger partial charge < -0.3 is 0 Å². The predicted octanol–water partition coefficient (Wildman–Crippen LogP) is 5.28. The van der Waals surface area contributed by atoms with Crippen LogP contribution in [0.25, 0.3) is 0 Å². The molecule has 0 fully saturated rings. The summed E-state index contributed by atoms with van der Waals surface area (Å²) in [5, 5.41) is 0.118. The average Bonchev–Trinajstić information content (AvgIpc) is 2.37. The molecule has 0 amide bonds. The highest BCUT2D eigenvalue weighted by atomic mass is 79.9. The van der Waals surface area contributed by atoms with Crippen LogP contribution in [0.3, 0.4) is 0 Å². The Hall–Kier alpha value is -0.400. The topological polar surface area (TPSA) is 46.2 Å². The first kappa shape index (κ1) is 17.0. The molecule has 8 heteroatoms. The summed E-state index contributed by atoms with van der Waals surface area (Å²) in [6, 6.07) is 10.1. The van der Waals surface area contributed by atoms with Crippen molar-refractivity contribution < 1.29 is 8.42 Å². The largest absolute Gasteiger partial charge is 0.278 e. The van der Waals surface area contributed by atoms with Gasteiger partial charge in [-0.25, -0.2) is 8.42 Å². The second-order valence-corrected chi connectivity index (χ2v) is 8.20. The molecular formula is C13H10BrCl2NO2S2. The first-order valence-corrected chi connectivity index (χ1v) is 9.91. The number of halogens is 3. The minimum Gasteiger partial charge on any atom is -0.278 e. The molecule has 2 rings (SSSR count). The second kappa shape index (κ2) is 6.79. The van der Waals surface area contributed by atoms with Gasteiger partial charge in [-0.05, 0) is 30.5 Å². The lowest BCUT2D eigenvalue weighted by atomic mass is 10.3. The van der Waals surface area contributed by atoms with Gasteiger partial charge in [-0.1, -0.05) is 51.3 Å². The number of anilines is 1. The Morgan fingerprint density at radius 1 is 1.14 bits per heavy atom. The van der Waals surface area contributed by atoms with Crippen molar-refractivity contribution in [2.24, 2.45) is 0 Å². The monoisotopic (exact) mass is 425 g/mol. The Morgan fingerprint density at radius 3 is 2.29 bits per heavy atom. The van der Waals surface area contributed by atoms with Crippen molar-refractivity contribution in [3.63, 3.8) is 0 Å². The highest BCUT2D eigenvalue weighted by molar-refractivity contribution is 9.10. The lowest BCUT2D eigenvalue weighted by molar-refractivity contribution is 0.601. The molecule has 1 N–H and O–H groups in total. The Kier molecular flexibility index (Phi) is 5.48. The first-order valence-electron chi connectivity index (χ1n) is 5.65. The Labute approximate surface area is 146 Å². The molecule has 0 aliphatic heterocycles. The smallest absolute Gasteiger partial charge is 0.264 e. The standard InChI is InChI=1S/C13H10BrCl2NO2S2/c1-20-12-5-3-2-4-11(12)17-21(18,19)13-9(15)6-8(14)7-10(13)16/h2-7,17H,1H3. The van der Waals surface area contributed by atoms with E-state index in [0.717, 1.165) is 4.90 Å². The van der Waals surface area contributed by atoms with E-state index in [1.165, 1.54) is 23.9 Å². The van der Waals surface area contributed by atoms with Gasteiger partial charge >= 0.3 is 0 Å². The molecule has 0 spiro atoms. The molecule has 0 atom stereocenters. The maximum absolute atomic E-state index is 12.5. The zero-order valence-electron chi connectivity index (χ0n) is 10.7. The quantitative estimate of drug-likeness (QED) is 0.676. The molecule has 2 aromatic rings. The van der Waals surface area contributed by atoms with Crippen molar-refractivity contribution in [2.75, 3.05) is 11.0 Å². The van der Waals surface area contributed by atoms with Crippen molar-refractivity contribution in [1.82, 2.24) is 0 Å². The van der Waals surface area contributed by atoms with Gasteiger partial charge in [0.2, 0.25) is 0 Å². The number of rotatable bonds is 4. The van der Waals surface area contributed by atoms with Crippen LogP contribution in [0.1, 0.15) is 0 Å². The average molecular weight is 427 g/mol. The van der Waals surface area contributed by atoms with E-state index >= 15 is 0 Å². The summed E-state index contributed by atoms with van der Waals surface area (Å²) in [7, 11) is -3.87. The predicted molar refractivity (Wildman–Crippen MR) is 93.2 cm³/mol. The van der Waals surface area contributed by atoms with Crippen LogP contribution in [0.4, 0.5) is 5.69 Å². The Morgan fingerprint density at radius 2 is 1.71 bits per heavy atom. The van der Waals surface area contributed by atoms with Crippen LogP contribution in [-0.4, -0.2) is 14.7 Å². The molecule has 3 nitrogen and oxygen atoms in total. The van der Waals surface area contributed by atoms with Gasteiger partial charge in [0.05, 0.1) is 15.7 Å². The number of para-hydroxylation sites is 1. The molecule has 0 bridgehead atoms. The van der Waals surface area contributed by atoms with Crippen molar-refractivity contribution in [3.05, 3.63) is 50.9 Å². The van der Waals surface area contributed by atoms with Gasteiger partial charge in [-0.2, -0.15) is 0 Å². The number of thioether (sulfide) groups is 1. The van der Waals surface area contributed by atoms with Crippen LogP contribution in [0.2, 0.25) is 10.0 Å². The minimum atomic E-state index is -3.87. The zero-order chi connectivity index (χ0) is 15.6. The third kappa shape index (κ3) is 3.87. The summed E-state index contributed by atoms with van der Waals surface area (Å²) < 4.78 is 28.2. The van der Waals surface area contributed by atoms with Crippen LogP contribution < -0.4 is 4.72 Å². The first-order chi connectivity index (χ1) is 9.85. The number of benzene rings is 2. The van der Waals surface area contributed by atoms with Gasteiger partial charge in [0.25, 0.3) is 10.0 Å². The number of sulfonamides is 1. The van der Waals surface area contributed by atoms with E-state index in [-0.39, 0.29) is 14.9 Å². The summed E-state index contributed by atoms with van der Waals surface area (Å²) >= 11 is 16.7. The molecule has 0 saturated carbocycles. The van der Waals surface area contributed by atoms with Gasteiger partial charge in [-0.3, -0.25) is 4.72 Å². The summed E-state index contributed by atoms with van der Waals surface area (Å²) in [4.78, 5) is 0.676. The SMILES string of the molecule is CSc1ccccc1NS(=O)(=O)c1c(Cl)cc(Br)cc1Cl. The van der Waals surface area contributed by atoms with Crippen LogP contribution in [-0.2, 0) is 10.0 Å². The fourth-order valence-electron chi connectivity index (χ4n) is 1.71. The van der Waals surface area contributed by atoms with E-state index < -0.39 is 10.0 Å². The van der Waals surface area contributed by atoms with E-state index in [4.69, 9.17) is 23.2 Å². The second-order valence-electron chi connectivity index (χ2n) is 4.00. The van der Waals surface area contributed by atoms with E-state index in [1.54, 1.807) is 12.1 Å². The maximum atomic E-state index is 12.5. The molecule has 0 saturated heterocycles. The normalized spacial score (nSPS) is 11.4. The minimum absolute atomic E-state index is 0.0588. The number of nitrogens with one attached hydrogen (secondary N) is 1. The highest BCUT2D eigenvalue weighted by Gasteiger charge is 2.23. The molecule has 21 heavy (non-hydrogen) atoms. The Balaban J connectivity index is 2.49. The van der Waals surface area contributed by atoms with Crippen LogP contribution in [0.5, 0.6) is 0 Å². The maximum Gasteiger partial charge on any atom is 0.264 e. The summed E-state index contributed by atoms with van der Waals surface area (Å²) in [5.74, 6) is 0. The van der Waals surface area contributed by atoms with Crippen LogP contribution in [0, 0.1) is 0 Å². The molecular weight excluding hydrogens is 417 g/mol. The van der Waals surface area contributed by atoms with Crippen molar-refractivity contribution in [2.45, 2.75) is 9.79 Å². The lowest BCUT2D eigenvalue weighted by Gasteiger charge is -2.13. The molecule has 0 radical (unpaired) electrons. The van der Waals surface area contributed by atoms with Crippen LogP contribution >= 0.6 is 50.9 Å². The fraction of sp³-hybridized carbons (Fsp3) is 0.0769. The summed E-state index contributed by atoms with van der Waals surface area (Å²) in [5.41, 5.74) is 0.486. The van der Waals surface area contributed by atoms with Crippen molar-refractivity contribution in [3.8, 4) is 0 Å². The van der Waals surface area contributed by atoms with Crippen LogP contribution in [0.15, 0.2) is 50.7 Å². The van der Waals surface area contributed by atoms with Crippen molar-refractivity contribution >= 4 is 66.6 Å². The summed E-state index contributed by atoms with van der Waals surface area (Å²) in [6.07, 6.45) is 1.87. The third-order valence-electron chi connectivity index (χ3n) is 2.58. The highest BCUT2D eigenvalue weighted by Crippen LogP contribution is 2.35. The number of hydrogen-bond donors (Lipinski definition) is 1. The summed E-state index contributed by atoms with van der Waals surface area (Å²) in [6.45, 7) is 0.